The number of rotatable bonds is 6. The van der Waals surface area contributed by atoms with E-state index < -0.39 is 0 Å². The molecule has 3 rings (SSSR count). The summed E-state index contributed by atoms with van der Waals surface area (Å²) in [4.78, 5) is 2.63. The third-order valence-corrected chi connectivity index (χ3v) is 4.92. The van der Waals surface area contributed by atoms with Gasteiger partial charge in [-0.3, -0.25) is 4.90 Å². The first-order chi connectivity index (χ1) is 11.8. The van der Waals surface area contributed by atoms with E-state index in [0.717, 1.165) is 24.5 Å². The predicted molar refractivity (Wildman–Crippen MR) is 97.7 cm³/mol. The van der Waals surface area contributed by atoms with Gasteiger partial charge in [-0.05, 0) is 61.2 Å². The molecule has 1 heterocycles. The molecule has 1 aliphatic heterocycles. The van der Waals surface area contributed by atoms with Crippen LogP contribution in [0.1, 0.15) is 30.4 Å². The minimum atomic E-state index is 0.620. The van der Waals surface area contributed by atoms with E-state index in [1.807, 2.05) is 0 Å². The molecule has 2 aromatic carbocycles. The molecule has 1 unspecified atom stereocenters. The van der Waals surface area contributed by atoms with E-state index in [4.69, 9.17) is 9.47 Å². The lowest BCUT2D eigenvalue weighted by Gasteiger charge is -2.36. The maximum atomic E-state index is 5.26. The van der Waals surface area contributed by atoms with E-state index in [9.17, 15) is 0 Å². The SMILES string of the molecule is COc1ccc(CC2CCCCN2Cc2ccc(OC)cc2)cc1. The Kier molecular flexibility index (Phi) is 5.76. The Morgan fingerprint density at radius 2 is 1.42 bits per heavy atom. The highest BCUT2D eigenvalue weighted by molar-refractivity contribution is 5.28. The van der Waals surface area contributed by atoms with Crippen LogP contribution in [-0.2, 0) is 13.0 Å². The van der Waals surface area contributed by atoms with Gasteiger partial charge in [-0.1, -0.05) is 30.7 Å². The summed E-state index contributed by atoms with van der Waals surface area (Å²) in [5.41, 5.74) is 2.75. The van der Waals surface area contributed by atoms with Crippen LogP contribution in [0.15, 0.2) is 48.5 Å². The molecule has 0 aromatic heterocycles. The molecule has 0 amide bonds. The second-order valence-electron chi connectivity index (χ2n) is 6.52. The van der Waals surface area contributed by atoms with Crippen LogP contribution in [0.5, 0.6) is 11.5 Å². The van der Waals surface area contributed by atoms with Gasteiger partial charge in [0.2, 0.25) is 0 Å². The summed E-state index contributed by atoms with van der Waals surface area (Å²) < 4.78 is 10.5. The zero-order valence-electron chi connectivity index (χ0n) is 14.7. The molecule has 0 spiro atoms. The van der Waals surface area contributed by atoms with Gasteiger partial charge in [0.25, 0.3) is 0 Å². The third kappa shape index (κ3) is 4.30. The standard InChI is InChI=1S/C21H27NO2/c1-23-20-10-6-17(7-11-20)15-19-5-3-4-14-22(19)16-18-8-12-21(24-2)13-9-18/h6-13,19H,3-5,14-16H2,1-2H3. The van der Waals surface area contributed by atoms with Crippen LogP contribution in [0.25, 0.3) is 0 Å². The third-order valence-electron chi connectivity index (χ3n) is 4.92. The van der Waals surface area contributed by atoms with E-state index in [2.05, 4.69) is 53.4 Å². The molecule has 0 N–H and O–H groups in total. The smallest absolute Gasteiger partial charge is 0.118 e. The number of hydrogen-bond acceptors (Lipinski definition) is 3. The Hall–Kier alpha value is -2.00. The molecule has 3 heteroatoms. The average Bonchev–Trinajstić information content (AvgIpc) is 2.64. The first-order valence-corrected chi connectivity index (χ1v) is 8.78. The highest BCUT2D eigenvalue weighted by atomic mass is 16.5. The number of benzene rings is 2. The Labute approximate surface area is 145 Å². The van der Waals surface area contributed by atoms with Crippen molar-refractivity contribution in [1.82, 2.24) is 4.90 Å². The Morgan fingerprint density at radius 3 is 2.00 bits per heavy atom. The van der Waals surface area contributed by atoms with Crippen molar-refractivity contribution in [3.8, 4) is 11.5 Å². The van der Waals surface area contributed by atoms with E-state index in [0.29, 0.717) is 6.04 Å². The fourth-order valence-corrected chi connectivity index (χ4v) is 3.50. The van der Waals surface area contributed by atoms with Gasteiger partial charge in [0.05, 0.1) is 14.2 Å². The van der Waals surface area contributed by atoms with Crippen molar-refractivity contribution in [3.05, 3.63) is 59.7 Å². The monoisotopic (exact) mass is 325 g/mol. The predicted octanol–water partition coefficient (Wildman–Crippen LogP) is 4.30. The van der Waals surface area contributed by atoms with Crippen LogP contribution in [0, 0.1) is 0 Å². The molecule has 0 bridgehead atoms. The number of piperidine rings is 1. The lowest BCUT2D eigenvalue weighted by Crippen LogP contribution is -2.40. The average molecular weight is 325 g/mol. The van der Waals surface area contributed by atoms with Crippen LogP contribution in [0.2, 0.25) is 0 Å². The summed E-state index contributed by atoms with van der Waals surface area (Å²) in [6, 6.07) is 17.6. The zero-order chi connectivity index (χ0) is 16.8. The minimum absolute atomic E-state index is 0.620. The maximum absolute atomic E-state index is 5.26. The van der Waals surface area contributed by atoms with Crippen LogP contribution in [0.4, 0.5) is 0 Å². The second-order valence-corrected chi connectivity index (χ2v) is 6.52. The van der Waals surface area contributed by atoms with E-state index in [1.54, 1.807) is 14.2 Å². The topological polar surface area (TPSA) is 21.7 Å². The molecule has 0 saturated carbocycles. The zero-order valence-corrected chi connectivity index (χ0v) is 14.7. The molecule has 1 atom stereocenters. The molecule has 3 nitrogen and oxygen atoms in total. The van der Waals surface area contributed by atoms with Gasteiger partial charge in [-0.2, -0.15) is 0 Å². The quantitative estimate of drug-likeness (QED) is 0.790. The fourth-order valence-electron chi connectivity index (χ4n) is 3.50. The van der Waals surface area contributed by atoms with E-state index in [-0.39, 0.29) is 0 Å². The Morgan fingerprint density at radius 1 is 0.833 bits per heavy atom. The number of nitrogens with zero attached hydrogens (tertiary/aromatic N) is 1. The van der Waals surface area contributed by atoms with E-state index in [1.165, 1.54) is 36.9 Å². The molecule has 1 fully saturated rings. The maximum Gasteiger partial charge on any atom is 0.118 e. The lowest BCUT2D eigenvalue weighted by atomic mass is 9.95. The van der Waals surface area contributed by atoms with Crippen LogP contribution < -0.4 is 9.47 Å². The van der Waals surface area contributed by atoms with E-state index >= 15 is 0 Å². The number of methoxy groups -OCH3 is 2. The highest BCUT2D eigenvalue weighted by Gasteiger charge is 2.22. The van der Waals surface area contributed by atoms with Crippen molar-refractivity contribution < 1.29 is 9.47 Å². The van der Waals surface area contributed by atoms with Crippen molar-refractivity contribution in [2.75, 3.05) is 20.8 Å². The van der Waals surface area contributed by atoms with Crippen LogP contribution in [0.3, 0.4) is 0 Å². The molecule has 2 aromatic rings. The van der Waals surface area contributed by atoms with Crippen LogP contribution >= 0.6 is 0 Å². The summed E-state index contributed by atoms with van der Waals surface area (Å²) in [5, 5.41) is 0. The summed E-state index contributed by atoms with van der Waals surface area (Å²) in [6.45, 7) is 2.21. The van der Waals surface area contributed by atoms with Gasteiger partial charge in [0.1, 0.15) is 11.5 Å². The Balaban J connectivity index is 1.65. The second kappa shape index (κ2) is 8.20. The highest BCUT2D eigenvalue weighted by Crippen LogP contribution is 2.24. The summed E-state index contributed by atoms with van der Waals surface area (Å²) in [7, 11) is 3.43. The summed E-state index contributed by atoms with van der Waals surface area (Å²) >= 11 is 0. The minimum Gasteiger partial charge on any atom is -0.497 e. The van der Waals surface area contributed by atoms with Crippen LogP contribution in [-0.4, -0.2) is 31.7 Å². The molecule has 1 aliphatic rings. The van der Waals surface area contributed by atoms with Gasteiger partial charge in [0.15, 0.2) is 0 Å². The molecule has 0 aliphatic carbocycles. The van der Waals surface area contributed by atoms with Gasteiger partial charge in [-0.25, -0.2) is 0 Å². The summed E-state index contributed by atoms with van der Waals surface area (Å²) in [5.74, 6) is 1.85. The van der Waals surface area contributed by atoms with Gasteiger partial charge in [-0.15, -0.1) is 0 Å². The van der Waals surface area contributed by atoms with Gasteiger partial charge < -0.3 is 9.47 Å². The lowest BCUT2D eigenvalue weighted by molar-refractivity contribution is 0.139. The largest absolute Gasteiger partial charge is 0.497 e. The van der Waals surface area contributed by atoms with Gasteiger partial charge in [0, 0.05) is 12.6 Å². The summed E-state index contributed by atoms with van der Waals surface area (Å²) in [6.07, 6.45) is 5.03. The molecule has 24 heavy (non-hydrogen) atoms. The normalized spacial score (nSPS) is 18.3. The number of hydrogen-bond donors (Lipinski definition) is 0. The van der Waals surface area contributed by atoms with Gasteiger partial charge >= 0.3 is 0 Å². The molecular weight excluding hydrogens is 298 g/mol. The Bertz CT molecular complexity index is 564. The van der Waals surface area contributed by atoms with Crippen molar-refractivity contribution >= 4 is 0 Å². The van der Waals surface area contributed by atoms with Crippen molar-refractivity contribution in [2.24, 2.45) is 0 Å². The molecular formula is C21H27NO2. The molecule has 128 valence electrons. The number of likely N-dealkylation sites (tertiary alicyclic amines) is 1. The number of ether oxygens (including phenoxy) is 2. The first kappa shape index (κ1) is 16.8. The first-order valence-electron chi connectivity index (χ1n) is 8.78. The van der Waals surface area contributed by atoms with Crippen molar-refractivity contribution in [1.29, 1.82) is 0 Å². The fraction of sp³-hybridized carbons (Fsp3) is 0.429. The van der Waals surface area contributed by atoms with Crippen molar-refractivity contribution in [2.45, 2.75) is 38.3 Å². The molecule has 0 radical (unpaired) electrons. The van der Waals surface area contributed by atoms with Crippen molar-refractivity contribution in [3.63, 3.8) is 0 Å². The molecule has 1 saturated heterocycles.